The molecule has 0 amide bonds. The molecule has 0 radical (unpaired) electrons. The fraction of sp³-hybridized carbons (Fsp3) is 1.00. The van der Waals surface area contributed by atoms with Crippen LogP contribution in [-0.2, 0) is 0 Å². The van der Waals surface area contributed by atoms with Crippen LogP contribution in [0.25, 0.3) is 0 Å². The molecule has 0 aromatic rings. The highest BCUT2D eigenvalue weighted by molar-refractivity contribution is 4.71. The summed E-state index contributed by atoms with van der Waals surface area (Å²) in [6.45, 7) is 8.76. The lowest BCUT2D eigenvalue weighted by Crippen LogP contribution is -2.41. The molecule has 0 aromatic carbocycles. The SMILES string of the molecule is C.CC.CCC1CNC1. The Kier molecular flexibility index (Phi) is 10.4. The van der Waals surface area contributed by atoms with Crippen molar-refractivity contribution in [1.29, 1.82) is 0 Å². The molecule has 0 unspecified atom stereocenters. The smallest absolute Gasteiger partial charge is 0.000836 e. The summed E-state index contributed by atoms with van der Waals surface area (Å²) in [6, 6.07) is 0. The minimum atomic E-state index is 0. The Morgan fingerprint density at radius 2 is 1.78 bits per heavy atom. The average molecular weight is 131 g/mol. The number of rotatable bonds is 1. The van der Waals surface area contributed by atoms with E-state index in [-0.39, 0.29) is 7.43 Å². The lowest BCUT2D eigenvalue weighted by atomic mass is 10.0. The second kappa shape index (κ2) is 7.96. The van der Waals surface area contributed by atoms with Gasteiger partial charge < -0.3 is 5.32 Å². The van der Waals surface area contributed by atoms with Gasteiger partial charge in [-0.3, -0.25) is 0 Å². The van der Waals surface area contributed by atoms with Crippen LogP contribution in [0.4, 0.5) is 0 Å². The van der Waals surface area contributed by atoms with Crippen molar-refractivity contribution in [3.8, 4) is 0 Å². The lowest BCUT2D eigenvalue weighted by molar-refractivity contribution is 0.339. The zero-order valence-electron chi connectivity index (χ0n) is 6.20. The van der Waals surface area contributed by atoms with Gasteiger partial charge in [0.1, 0.15) is 0 Å². The van der Waals surface area contributed by atoms with Crippen molar-refractivity contribution in [3.05, 3.63) is 0 Å². The molecule has 0 aromatic heterocycles. The van der Waals surface area contributed by atoms with Crippen LogP contribution < -0.4 is 5.32 Å². The van der Waals surface area contributed by atoms with E-state index in [2.05, 4.69) is 12.2 Å². The van der Waals surface area contributed by atoms with Crippen LogP contribution >= 0.6 is 0 Å². The fourth-order valence-corrected chi connectivity index (χ4v) is 0.637. The predicted octanol–water partition coefficient (Wildman–Crippen LogP) is 2.28. The summed E-state index contributed by atoms with van der Waals surface area (Å²) in [5.41, 5.74) is 0. The molecule has 1 rings (SSSR count). The Morgan fingerprint density at radius 3 is 1.78 bits per heavy atom. The Labute approximate surface area is 59.8 Å². The monoisotopic (exact) mass is 131 g/mol. The molecule has 1 heteroatoms. The van der Waals surface area contributed by atoms with Crippen LogP contribution in [0.1, 0.15) is 34.6 Å². The Hall–Kier alpha value is -0.0400. The maximum atomic E-state index is 3.21. The van der Waals surface area contributed by atoms with Gasteiger partial charge in [0.05, 0.1) is 0 Å². The van der Waals surface area contributed by atoms with Gasteiger partial charge in [0, 0.05) is 0 Å². The first-order valence-electron chi connectivity index (χ1n) is 3.64. The summed E-state index contributed by atoms with van der Waals surface area (Å²) in [4.78, 5) is 0. The standard InChI is InChI=1S/C5H11N.C2H6.CH4/c1-2-5-3-6-4-5;1-2;/h5-6H,2-4H2,1H3;1-2H3;1H4. The largest absolute Gasteiger partial charge is 0.316 e. The normalized spacial score (nSPS) is 16.3. The first-order valence-corrected chi connectivity index (χ1v) is 3.64. The van der Waals surface area contributed by atoms with Crippen molar-refractivity contribution in [3.63, 3.8) is 0 Å². The van der Waals surface area contributed by atoms with Crippen LogP contribution in [0.15, 0.2) is 0 Å². The van der Waals surface area contributed by atoms with E-state index in [0.29, 0.717) is 0 Å². The summed E-state index contributed by atoms with van der Waals surface area (Å²) in [5.74, 6) is 1.00. The summed E-state index contributed by atoms with van der Waals surface area (Å²) in [7, 11) is 0. The number of hydrogen-bond donors (Lipinski definition) is 1. The van der Waals surface area contributed by atoms with Gasteiger partial charge in [0.2, 0.25) is 0 Å². The van der Waals surface area contributed by atoms with Crippen molar-refractivity contribution < 1.29 is 0 Å². The minimum Gasteiger partial charge on any atom is -0.316 e. The van der Waals surface area contributed by atoms with E-state index in [4.69, 9.17) is 0 Å². The molecular formula is C8H21N. The van der Waals surface area contributed by atoms with E-state index in [1.165, 1.54) is 19.5 Å². The predicted molar refractivity (Wildman–Crippen MR) is 44.7 cm³/mol. The van der Waals surface area contributed by atoms with Crippen molar-refractivity contribution in [2.45, 2.75) is 34.6 Å². The first kappa shape index (κ1) is 11.7. The second-order valence-electron chi connectivity index (χ2n) is 1.93. The van der Waals surface area contributed by atoms with E-state index >= 15 is 0 Å². The molecule has 1 fully saturated rings. The van der Waals surface area contributed by atoms with Gasteiger partial charge in [-0.2, -0.15) is 0 Å². The van der Waals surface area contributed by atoms with Gasteiger partial charge in [-0.15, -0.1) is 0 Å². The van der Waals surface area contributed by atoms with E-state index in [0.717, 1.165) is 5.92 Å². The third-order valence-corrected chi connectivity index (χ3v) is 1.44. The van der Waals surface area contributed by atoms with Gasteiger partial charge in [0.25, 0.3) is 0 Å². The molecular weight excluding hydrogens is 110 g/mol. The van der Waals surface area contributed by atoms with Gasteiger partial charge in [0.15, 0.2) is 0 Å². The molecule has 0 spiro atoms. The van der Waals surface area contributed by atoms with E-state index in [1.54, 1.807) is 0 Å². The molecule has 0 saturated carbocycles. The summed E-state index contributed by atoms with van der Waals surface area (Å²) >= 11 is 0. The molecule has 1 nitrogen and oxygen atoms in total. The van der Waals surface area contributed by atoms with Crippen LogP contribution in [0.3, 0.4) is 0 Å². The molecule has 1 N–H and O–H groups in total. The van der Waals surface area contributed by atoms with Crippen molar-refractivity contribution in [2.24, 2.45) is 5.92 Å². The van der Waals surface area contributed by atoms with Crippen molar-refractivity contribution >= 4 is 0 Å². The summed E-state index contributed by atoms with van der Waals surface area (Å²) in [5, 5.41) is 3.21. The first-order chi connectivity index (χ1) is 3.93. The van der Waals surface area contributed by atoms with Crippen LogP contribution in [0.2, 0.25) is 0 Å². The summed E-state index contributed by atoms with van der Waals surface area (Å²) < 4.78 is 0. The summed E-state index contributed by atoms with van der Waals surface area (Å²) in [6.07, 6.45) is 1.35. The zero-order valence-corrected chi connectivity index (χ0v) is 6.20. The molecule has 9 heavy (non-hydrogen) atoms. The lowest BCUT2D eigenvalue weighted by Gasteiger charge is -2.25. The topological polar surface area (TPSA) is 12.0 Å². The third-order valence-electron chi connectivity index (χ3n) is 1.44. The third kappa shape index (κ3) is 4.46. The van der Waals surface area contributed by atoms with Crippen LogP contribution in [-0.4, -0.2) is 13.1 Å². The fourth-order valence-electron chi connectivity index (χ4n) is 0.637. The Morgan fingerprint density at radius 1 is 1.33 bits per heavy atom. The quantitative estimate of drug-likeness (QED) is 0.575. The molecule has 1 aliphatic heterocycles. The Balaban J connectivity index is 0. The average Bonchev–Trinajstić information content (AvgIpc) is 1.69. The highest BCUT2D eigenvalue weighted by atomic mass is 14.9. The number of nitrogens with one attached hydrogen (secondary N) is 1. The molecule has 0 atom stereocenters. The molecule has 1 heterocycles. The highest BCUT2D eigenvalue weighted by Crippen LogP contribution is 2.05. The second-order valence-corrected chi connectivity index (χ2v) is 1.93. The van der Waals surface area contributed by atoms with Crippen LogP contribution in [0, 0.1) is 5.92 Å². The molecule has 0 aliphatic carbocycles. The van der Waals surface area contributed by atoms with E-state index in [9.17, 15) is 0 Å². The van der Waals surface area contributed by atoms with Gasteiger partial charge >= 0.3 is 0 Å². The van der Waals surface area contributed by atoms with Crippen LogP contribution in [0.5, 0.6) is 0 Å². The van der Waals surface area contributed by atoms with Crippen molar-refractivity contribution in [1.82, 2.24) is 5.32 Å². The van der Waals surface area contributed by atoms with Crippen molar-refractivity contribution in [2.75, 3.05) is 13.1 Å². The minimum absolute atomic E-state index is 0. The maximum absolute atomic E-state index is 3.21. The van der Waals surface area contributed by atoms with Gasteiger partial charge in [-0.25, -0.2) is 0 Å². The maximum Gasteiger partial charge on any atom is -0.000836 e. The van der Waals surface area contributed by atoms with E-state index in [1.807, 2.05) is 13.8 Å². The van der Waals surface area contributed by atoms with E-state index < -0.39 is 0 Å². The highest BCUT2D eigenvalue weighted by Gasteiger charge is 2.12. The zero-order chi connectivity index (χ0) is 6.41. The van der Waals surface area contributed by atoms with Gasteiger partial charge in [-0.05, 0) is 19.0 Å². The van der Waals surface area contributed by atoms with Gasteiger partial charge in [-0.1, -0.05) is 34.6 Å². The molecule has 1 aliphatic rings. The molecule has 1 saturated heterocycles. The number of hydrogen-bond acceptors (Lipinski definition) is 1. The molecule has 0 bridgehead atoms. The Bertz CT molecular complexity index is 37.1. The molecule has 58 valence electrons.